The Morgan fingerprint density at radius 2 is 1.88 bits per heavy atom. The Labute approximate surface area is 98.6 Å². The zero-order valence-electron chi connectivity index (χ0n) is 11.0. The number of nitrogens with one attached hydrogen (secondary N) is 1. The third kappa shape index (κ3) is 3.76. The number of hydrogen-bond donors (Lipinski definition) is 3. The van der Waals surface area contributed by atoms with Gasteiger partial charge in [0.1, 0.15) is 6.04 Å². The molecule has 0 aromatic carbocycles. The zero-order valence-corrected chi connectivity index (χ0v) is 11.0. The Bertz CT molecular complexity index is 219. The molecule has 0 rings (SSSR count). The second kappa shape index (κ2) is 6.86. The highest BCUT2D eigenvalue weighted by atomic mass is 16.4. The maximum Gasteiger partial charge on any atom is 0.321 e. The maximum absolute atomic E-state index is 11.2. The van der Waals surface area contributed by atoms with Gasteiger partial charge >= 0.3 is 5.97 Å². The van der Waals surface area contributed by atoms with E-state index in [1.54, 1.807) is 7.05 Å². The minimum atomic E-state index is -0.816. The number of carbonyl (C=O) groups is 1. The normalized spacial score (nSPS) is 19.2. The van der Waals surface area contributed by atoms with Gasteiger partial charge in [-0.25, -0.2) is 0 Å². The molecule has 96 valence electrons. The molecule has 4 atom stereocenters. The van der Waals surface area contributed by atoms with Crippen molar-refractivity contribution in [2.45, 2.75) is 46.2 Å². The van der Waals surface area contributed by atoms with Gasteiger partial charge in [0.2, 0.25) is 0 Å². The van der Waals surface area contributed by atoms with E-state index in [0.29, 0.717) is 5.92 Å². The first-order chi connectivity index (χ1) is 7.36. The molecule has 0 aromatic heterocycles. The summed E-state index contributed by atoms with van der Waals surface area (Å²) in [5.41, 5.74) is 6.15. The van der Waals surface area contributed by atoms with Crippen LogP contribution >= 0.6 is 0 Å². The molecule has 0 saturated carbocycles. The summed E-state index contributed by atoms with van der Waals surface area (Å²) in [6, 6.07) is -0.657. The zero-order chi connectivity index (χ0) is 12.9. The number of likely N-dealkylation sites (N-methyl/N-ethyl adjacent to an activating group) is 1. The molecule has 0 aromatic rings. The Kier molecular flexibility index (Phi) is 6.60. The molecule has 4 heteroatoms. The summed E-state index contributed by atoms with van der Waals surface area (Å²) >= 11 is 0. The van der Waals surface area contributed by atoms with Crippen LogP contribution in [0.3, 0.4) is 0 Å². The van der Waals surface area contributed by atoms with E-state index in [0.717, 1.165) is 6.42 Å². The highest BCUT2D eigenvalue weighted by Gasteiger charge is 2.35. The maximum atomic E-state index is 11.2. The minimum absolute atomic E-state index is 0.0347. The third-order valence-corrected chi connectivity index (χ3v) is 3.48. The van der Waals surface area contributed by atoms with Crippen molar-refractivity contribution >= 4 is 5.97 Å². The van der Waals surface area contributed by atoms with Gasteiger partial charge in [-0.3, -0.25) is 4.79 Å². The van der Waals surface area contributed by atoms with E-state index in [1.165, 1.54) is 0 Å². The molecule has 0 aliphatic heterocycles. The van der Waals surface area contributed by atoms with Crippen LogP contribution in [-0.2, 0) is 4.79 Å². The SMILES string of the molecule is CCC(C)C(C(NC)C(=O)O)C(N)C(C)C. The lowest BCUT2D eigenvalue weighted by Crippen LogP contribution is -2.52. The molecule has 0 heterocycles. The van der Waals surface area contributed by atoms with Gasteiger partial charge in [0.05, 0.1) is 0 Å². The highest BCUT2D eigenvalue weighted by Crippen LogP contribution is 2.25. The van der Waals surface area contributed by atoms with Crippen molar-refractivity contribution in [2.24, 2.45) is 23.5 Å². The van der Waals surface area contributed by atoms with Crippen LogP contribution < -0.4 is 11.1 Å². The van der Waals surface area contributed by atoms with Crippen molar-refractivity contribution in [2.75, 3.05) is 7.05 Å². The molecule has 0 bridgehead atoms. The van der Waals surface area contributed by atoms with Crippen LogP contribution in [0.25, 0.3) is 0 Å². The standard InChI is InChI=1S/C12H26N2O2/c1-6-8(4)9(10(13)7(2)3)11(14-5)12(15)16/h7-11,14H,6,13H2,1-5H3,(H,15,16). The first-order valence-electron chi connectivity index (χ1n) is 6.02. The fourth-order valence-electron chi connectivity index (χ4n) is 2.13. The molecule has 0 aliphatic carbocycles. The molecule has 4 nitrogen and oxygen atoms in total. The lowest BCUT2D eigenvalue weighted by molar-refractivity contribution is -0.141. The van der Waals surface area contributed by atoms with Crippen LogP contribution in [-0.4, -0.2) is 30.2 Å². The predicted molar refractivity (Wildman–Crippen MR) is 66.2 cm³/mol. The van der Waals surface area contributed by atoms with Crippen LogP contribution in [0.4, 0.5) is 0 Å². The van der Waals surface area contributed by atoms with E-state index in [1.807, 2.05) is 13.8 Å². The summed E-state index contributed by atoms with van der Waals surface area (Å²) in [6.07, 6.45) is 0.941. The summed E-state index contributed by atoms with van der Waals surface area (Å²) < 4.78 is 0. The summed E-state index contributed by atoms with van der Waals surface area (Å²) in [7, 11) is 1.68. The van der Waals surface area contributed by atoms with Crippen LogP contribution in [0, 0.1) is 17.8 Å². The Balaban J connectivity index is 4.97. The third-order valence-electron chi connectivity index (χ3n) is 3.48. The Hall–Kier alpha value is -0.610. The summed E-state index contributed by atoms with van der Waals surface area (Å²) in [5, 5.41) is 12.1. The lowest BCUT2D eigenvalue weighted by Gasteiger charge is -2.35. The van der Waals surface area contributed by atoms with E-state index in [4.69, 9.17) is 5.73 Å². The number of carboxylic acids is 1. The molecule has 0 fully saturated rings. The molecular formula is C12H26N2O2. The van der Waals surface area contributed by atoms with E-state index in [2.05, 4.69) is 19.2 Å². The van der Waals surface area contributed by atoms with E-state index in [9.17, 15) is 9.90 Å². The van der Waals surface area contributed by atoms with Crippen molar-refractivity contribution in [3.63, 3.8) is 0 Å². The van der Waals surface area contributed by atoms with Crippen LogP contribution in [0.5, 0.6) is 0 Å². The smallest absolute Gasteiger partial charge is 0.321 e. The van der Waals surface area contributed by atoms with Gasteiger partial charge in [-0.15, -0.1) is 0 Å². The Morgan fingerprint density at radius 3 is 2.12 bits per heavy atom. The fraction of sp³-hybridized carbons (Fsp3) is 0.917. The highest BCUT2D eigenvalue weighted by molar-refractivity contribution is 5.74. The molecule has 0 amide bonds. The first-order valence-corrected chi connectivity index (χ1v) is 6.02. The van der Waals surface area contributed by atoms with Crippen molar-refractivity contribution < 1.29 is 9.90 Å². The molecular weight excluding hydrogens is 204 g/mol. The van der Waals surface area contributed by atoms with E-state index < -0.39 is 12.0 Å². The predicted octanol–water partition coefficient (Wildman–Crippen LogP) is 1.30. The van der Waals surface area contributed by atoms with Gasteiger partial charge in [0.15, 0.2) is 0 Å². The van der Waals surface area contributed by atoms with Gasteiger partial charge in [0.25, 0.3) is 0 Å². The van der Waals surface area contributed by atoms with Crippen molar-refractivity contribution in [3.05, 3.63) is 0 Å². The first kappa shape index (κ1) is 15.4. The van der Waals surface area contributed by atoms with Gasteiger partial charge < -0.3 is 16.2 Å². The number of rotatable bonds is 7. The number of aliphatic carboxylic acids is 1. The van der Waals surface area contributed by atoms with E-state index >= 15 is 0 Å². The minimum Gasteiger partial charge on any atom is -0.480 e. The summed E-state index contributed by atoms with van der Waals surface area (Å²) in [4.78, 5) is 11.2. The van der Waals surface area contributed by atoms with Gasteiger partial charge in [-0.05, 0) is 18.9 Å². The van der Waals surface area contributed by atoms with Crippen LogP contribution in [0.1, 0.15) is 34.1 Å². The quantitative estimate of drug-likeness (QED) is 0.616. The lowest BCUT2D eigenvalue weighted by atomic mass is 9.76. The van der Waals surface area contributed by atoms with Gasteiger partial charge in [-0.1, -0.05) is 34.1 Å². The Morgan fingerprint density at radius 1 is 1.38 bits per heavy atom. The number of nitrogens with two attached hydrogens (primary N) is 1. The average Bonchev–Trinajstić information content (AvgIpc) is 2.22. The molecule has 4 N–H and O–H groups in total. The second-order valence-corrected chi connectivity index (χ2v) is 4.89. The molecule has 16 heavy (non-hydrogen) atoms. The molecule has 0 radical (unpaired) electrons. The average molecular weight is 230 g/mol. The summed E-state index contributed by atoms with van der Waals surface area (Å²) in [6.45, 7) is 8.21. The van der Waals surface area contributed by atoms with Crippen molar-refractivity contribution in [1.82, 2.24) is 5.32 Å². The van der Waals surface area contributed by atoms with Crippen LogP contribution in [0.2, 0.25) is 0 Å². The molecule has 0 spiro atoms. The van der Waals surface area contributed by atoms with Crippen molar-refractivity contribution in [3.8, 4) is 0 Å². The second-order valence-electron chi connectivity index (χ2n) is 4.89. The van der Waals surface area contributed by atoms with Crippen LogP contribution in [0.15, 0.2) is 0 Å². The van der Waals surface area contributed by atoms with E-state index in [-0.39, 0.29) is 17.9 Å². The van der Waals surface area contributed by atoms with Gasteiger partial charge in [-0.2, -0.15) is 0 Å². The fourth-order valence-corrected chi connectivity index (χ4v) is 2.13. The number of carboxylic acid groups (broad SMARTS) is 1. The largest absolute Gasteiger partial charge is 0.480 e. The molecule has 0 saturated heterocycles. The monoisotopic (exact) mass is 230 g/mol. The number of hydrogen-bond acceptors (Lipinski definition) is 3. The summed E-state index contributed by atoms with van der Waals surface area (Å²) in [5.74, 6) is -0.267. The van der Waals surface area contributed by atoms with Crippen molar-refractivity contribution in [1.29, 1.82) is 0 Å². The van der Waals surface area contributed by atoms with Gasteiger partial charge in [0, 0.05) is 12.0 Å². The topological polar surface area (TPSA) is 75.3 Å². The molecule has 0 aliphatic rings. The molecule has 4 unspecified atom stereocenters.